The Morgan fingerprint density at radius 3 is 2.62 bits per heavy atom. The second-order valence-corrected chi connectivity index (χ2v) is 4.96. The van der Waals surface area contributed by atoms with E-state index in [9.17, 15) is 14.9 Å². The van der Waals surface area contributed by atoms with Crippen molar-refractivity contribution in [2.45, 2.75) is 12.8 Å². The number of hydrogen-bond acceptors (Lipinski definition) is 4. The number of carbonyl (C=O) groups is 1. The van der Waals surface area contributed by atoms with Crippen LogP contribution in [-0.2, 0) is 0 Å². The molecule has 0 radical (unpaired) electrons. The van der Waals surface area contributed by atoms with Crippen LogP contribution in [0.1, 0.15) is 22.5 Å². The molecule has 2 heterocycles. The van der Waals surface area contributed by atoms with Crippen LogP contribution in [0, 0.1) is 10.1 Å². The Hall–Kier alpha value is -1.14. The molecule has 2 rings (SSSR count). The minimum atomic E-state index is -0.530. The largest absolute Gasteiger partial charge is 0.338 e. The summed E-state index contributed by atoms with van der Waals surface area (Å²) in [4.78, 5) is 23.9. The molecule has 1 aromatic heterocycles. The maximum atomic E-state index is 11.9. The van der Waals surface area contributed by atoms with E-state index in [1.807, 2.05) is 0 Å². The molecule has 0 bridgehead atoms. The number of rotatable bonds is 2. The van der Waals surface area contributed by atoms with Gasteiger partial charge in [0.2, 0.25) is 0 Å². The van der Waals surface area contributed by atoms with Gasteiger partial charge < -0.3 is 4.90 Å². The average Bonchev–Trinajstić information content (AvgIpc) is 2.84. The highest BCUT2D eigenvalue weighted by molar-refractivity contribution is 7.17. The SMILES string of the molecule is O=C(c1sc([N+](=O)[O-])cc1Cl)N1CCCC1. The summed E-state index contributed by atoms with van der Waals surface area (Å²) in [5.41, 5.74) is 0. The molecule has 1 saturated heterocycles. The Morgan fingerprint density at radius 1 is 1.50 bits per heavy atom. The minimum absolute atomic E-state index is 0.0902. The quantitative estimate of drug-likeness (QED) is 0.606. The van der Waals surface area contributed by atoms with E-state index in [-0.39, 0.29) is 20.8 Å². The second kappa shape index (κ2) is 4.39. The first-order valence-corrected chi connectivity index (χ1v) is 6.02. The van der Waals surface area contributed by atoms with Crippen LogP contribution in [0.5, 0.6) is 0 Å². The molecule has 0 unspecified atom stereocenters. The van der Waals surface area contributed by atoms with Crippen molar-refractivity contribution in [1.82, 2.24) is 4.90 Å². The molecule has 0 spiro atoms. The van der Waals surface area contributed by atoms with Gasteiger partial charge in [0.05, 0.1) is 9.95 Å². The predicted molar refractivity (Wildman–Crippen MR) is 61.1 cm³/mol. The molecule has 1 aliphatic rings. The Balaban J connectivity index is 2.25. The summed E-state index contributed by atoms with van der Waals surface area (Å²) in [7, 11) is 0. The number of likely N-dealkylation sites (tertiary alicyclic amines) is 1. The highest BCUT2D eigenvalue weighted by Gasteiger charge is 2.26. The summed E-state index contributed by atoms with van der Waals surface area (Å²) in [6.45, 7) is 1.42. The van der Waals surface area contributed by atoms with Gasteiger partial charge >= 0.3 is 5.00 Å². The van der Waals surface area contributed by atoms with E-state index in [0.717, 1.165) is 24.2 Å². The molecule has 7 heteroatoms. The number of nitro groups is 1. The van der Waals surface area contributed by atoms with E-state index in [2.05, 4.69) is 0 Å². The Labute approximate surface area is 101 Å². The fraction of sp³-hybridized carbons (Fsp3) is 0.444. The second-order valence-electron chi connectivity index (χ2n) is 3.52. The van der Waals surface area contributed by atoms with Crippen LogP contribution in [0.2, 0.25) is 5.02 Å². The third kappa shape index (κ3) is 2.03. The molecule has 1 aliphatic heterocycles. The molecular weight excluding hydrogens is 252 g/mol. The maximum absolute atomic E-state index is 11.9. The van der Waals surface area contributed by atoms with Crippen molar-refractivity contribution in [3.8, 4) is 0 Å². The highest BCUT2D eigenvalue weighted by atomic mass is 35.5. The molecule has 86 valence electrons. The van der Waals surface area contributed by atoms with Crippen LogP contribution in [0.15, 0.2) is 6.07 Å². The number of hydrogen-bond donors (Lipinski definition) is 0. The van der Waals surface area contributed by atoms with E-state index >= 15 is 0 Å². The van der Waals surface area contributed by atoms with Crippen molar-refractivity contribution < 1.29 is 9.72 Å². The van der Waals surface area contributed by atoms with Gasteiger partial charge in [-0.25, -0.2) is 0 Å². The zero-order chi connectivity index (χ0) is 11.7. The van der Waals surface area contributed by atoms with Crippen molar-refractivity contribution >= 4 is 33.8 Å². The van der Waals surface area contributed by atoms with Crippen molar-refractivity contribution in [3.05, 3.63) is 26.1 Å². The molecule has 0 saturated carbocycles. The van der Waals surface area contributed by atoms with Crippen LogP contribution < -0.4 is 0 Å². The van der Waals surface area contributed by atoms with Gasteiger partial charge in [0.25, 0.3) is 5.91 Å². The van der Waals surface area contributed by atoms with E-state index in [1.54, 1.807) is 4.90 Å². The number of carbonyl (C=O) groups excluding carboxylic acids is 1. The number of nitrogens with zero attached hydrogens (tertiary/aromatic N) is 2. The Kier molecular flexibility index (Phi) is 3.11. The molecule has 16 heavy (non-hydrogen) atoms. The van der Waals surface area contributed by atoms with Crippen LogP contribution in [-0.4, -0.2) is 28.8 Å². The van der Waals surface area contributed by atoms with Crippen molar-refractivity contribution in [1.29, 1.82) is 0 Å². The maximum Gasteiger partial charge on any atom is 0.326 e. The van der Waals surface area contributed by atoms with Gasteiger partial charge in [0, 0.05) is 19.2 Å². The molecule has 1 fully saturated rings. The first-order valence-electron chi connectivity index (χ1n) is 4.82. The first-order chi connectivity index (χ1) is 7.59. The molecule has 0 aromatic carbocycles. The zero-order valence-electron chi connectivity index (χ0n) is 8.31. The van der Waals surface area contributed by atoms with Crippen LogP contribution in [0.4, 0.5) is 5.00 Å². The van der Waals surface area contributed by atoms with Gasteiger partial charge in [-0.2, -0.15) is 0 Å². The molecular formula is C9H9ClN2O3S. The highest BCUT2D eigenvalue weighted by Crippen LogP contribution is 2.33. The summed E-state index contributed by atoms with van der Waals surface area (Å²) < 4.78 is 0. The van der Waals surface area contributed by atoms with Gasteiger partial charge in [0.1, 0.15) is 4.88 Å². The van der Waals surface area contributed by atoms with Crippen molar-refractivity contribution in [2.75, 3.05) is 13.1 Å². The van der Waals surface area contributed by atoms with Crippen LogP contribution in [0.25, 0.3) is 0 Å². The van der Waals surface area contributed by atoms with Crippen molar-refractivity contribution in [3.63, 3.8) is 0 Å². The van der Waals surface area contributed by atoms with E-state index in [0.29, 0.717) is 13.1 Å². The fourth-order valence-electron chi connectivity index (χ4n) is 1.66. The van der Waals surface area contributed by atoms with E-state index in [4.69, 9.17) is 11.6 Å². The Morgan fingerprint density at radius 2 is 2.12 bits per heavy atom. The molecule has 0 atom stereocenters. The van der Waals surface area contributed by atoms with Crippen LogP contribution >= 0.6 is 22.9 Å². The molecule has 5 nitrogen and oxygen atoms in total. The van der Waals surface area contributed by atoms with Gasteiger partial charge in [-0.15, -0.1) is 0 Å². The lowest BCUT2D eigenvalue weighted by atomic mass is 10.4. The molecule has 0 aliphatic carbocycles. The lowest BCUT2D eigenvalue weighted by Gasteiger charge is -2.13. The first kappa shape index (κ1) is 11.3. The van der Waals surface area contributed by atoms with Crippen LogP contribution in [0.3, 0.4) is 0 Å². The molecule has 0 N–H and O–H groups in total. The lowest BCUT2D eigenvalue weighted by Crippen LogP contribution is -2.26. The number of amides is 1. The summed E-state index contributed by atoms with van der Waals surface area (Å²) in [6, 6.07) is 1.23. The van der Waals surface area contributed by atoms with Gasteiger partial charge in [-0.3, -0.25) is 14.9 Å². The fourth-order valence-corrected chi connectivity index (χ4v) is 2.85. The summed E-state index contributed by atoms with van der Waals surface area (Å²) >= 11 is 6.66. The van der Waals surface area contributed by atoms with Gasteiger partial charge in [-0.05, 0) is 12.8 Å². The lowest BCUT2D eigenvalue weighted by molar-refractivity contribution is -0.380. The zero-order valence-corrected chi connectivity index (χ0v) is 9.88. The van der Waals surface area contributed by atoms with E-state index < -0.39 is 4.92 Å². The number of halogens is 1. The predicted octanol–water partition coefficient (Wildman–Crippen LogP) is 2.55. The normalized spacial score (nSPS) is 15.4. The Bertz CT molecular complexity index is 440. The smallest absolute Gasteiger partial charge is 0.326 e. The van der Waals surface area contributed by atoms with Gasteiger partial charge in [-0.1, -0.05) is 22.9 Å². The third-order valence-corrected chi connectivity index (χ3v) is 3.93. The minimum Gasteiger partial charge on any atom is -0.338 e. The van der Waals surface area contributed by atoms with Crippen molar-refractivity contribution in [2.24, 2.45) is 0 Å². The standard InChI is InChI=1S/C9H9ClN2O3S/c10-6-5-7(12(14)15)16-8(6)9(13)11-3-1-2-4-11/h5H,1-4H2. The average molecular weight is 261 g/mol. The summed E-state index contributed by atoms with van der Waals surface area (Å²) in [5.74, 6) is -0.194. The summed E-state index contributed by atoms with van der Waals surface area (Å²) in [6.07, 6.45) is 1.97. The third-order valence-electron chi connectivity index (χ3n) is 2.44. The number of thiophene rings is 1. The monoisotopic (exact) mass is 260 g/mol. The van der Waals surface area contributed by atoms with Gasteiger partial charge in [0.15, 0.2) is 0 Å². The topological polar surface area (TPSA) is 63.4 Å². The molecule has 1 aromatic rings. The van der Waals surface area contributed by atoms with E-state index in [1.165, 1.54) is 6.07 Å². The summed E-state index contributed by atoms with van der Waals surface area (Å²) in [5, 5.41) is 10.6. The molecule has 1 amide bonds.